The van der Waals surface area contributed by atoms with Gasteiger partial charge in [-0.15, -0.1) is 0 Å². The lowest BCUT2D eigenvalue weighted by Crippen LogP contribution is -2.35. The summed E-state index contributed by atoms with van der Waals surface area (Å²) < 4.78 is 29.0. The number of urea groups is 1. The summed E-state index contributed by atoms with van der Waals surface area (Å²) in [6, 6.07) is 14.5. The fourth-order valence-corrected chi connectivity index (χ4v) is 5.41. The average Bonchev–Trinajstić information content (AvgIpc) is 3.35. The molecule has 2 aromatic carbocycles. The molecular weight excluding hydrogens is 438 g/mol. The fourth-order valence-electron chi connectivity index (χ4n) is 3.89. The van der Waals surface area contributed by atoms with Gasteiger partial charge in [-0.05, 0) is 41.7 Å². The Hall–Kier alpha value is -3.17. The summed E-state index contributed by atoms with van der Waals surface area (Å²) in [5.41, 5.74) is 2.98. The van der Waals surface area contributed by atoms with E-state index >= 15 is 0 Å². The molecule has 1 aromatic heterocycles. The number of carbonyl (C=O) groups is 1. The first-order valence-corrected chi connectivity index (χ1v) is 12.6. The number of sulfonamides is 1. The van der Waals surface area contributed by atoms with Gasteiger partial charge >= 0.3 is 6.03 Å². The summed E-state index contributed by atoms with van der Waals surface area (Å²) in [5, 5.41) is 5.68. The standard InChI is InChI=1S/C24H29N5O3S/c30-24(27-17-21-5-4-6-22(15-21)18-28-14-11-25-19-28)26-16-20-7-9-23(10-8-20)33(31,32)29-12-2-1-3-13-29/h4-11,14-15,19H,1-3,12-13,16-18H2,(H2,26,27,30). The number of nitrogens with zero attached hydrogens (tertiary/aromatic N) is 3. The maximum absolute atomic E-state index is 12.7. The second kappa shape index (κ2) is 10.6. The molecule has 2 heterocycles. The van der Waals surface area contributed by atoms with Crippen LogP contribution < -0.4 is 10.6 Å². The molecule has 9 heteroatoms. The van der Waals surface area contributed by atoms with Gasteiger partial charge in [-0.25, -0.2) is 18.2 Å². The normalized spacial score (nSPS) is 14.7. The number of imidazole rings is 1. The van der Waals surface area contributed by atoms with Crippen LogP contribution in [-0.4, -0.2) is 41.4 Å². The van der Waals surface area contributed by atoms with Crippen LogP contribution in [0.15, 0.2) is 72.1 Å². The first-order valence-electron chi connectivity index (χ1n) is 11.1. The zero-order valence-electron chi connectivity index (χ0n) is 18.5. The van der Waals surface area contributed by atoms with Crippen LogP contribution in [0.1, 0.15) is 36.0 Å². The molecule has 0 radical (unpaired) electrons. The van der Waals surface area contributed by atoms with E-state index in [0.717, 1.165) is 42.5 Å². The van der Waals surface area contributed by atoms with Crippen molar-refractivity contribution < 1.29 is 13.2 Å². The van der Waals surface area contributed by atoms with Crippen LogP contribution in [0, 0.1) is 0 Å². The quantitative estimate of drug-likeness (QED) is 0.532. The molecular formula is C24H29N5O3S. The fraction of sp³-hybridized carbons (Fsp3) is 0.333. The number of hydrogen-bond donors (Lipinski definition) is 2. The Kier molecular flexibility index (Phi) is 7.41. The molecule has 0 bridgehead atoms. The lowest BCUT2D eigenvalue weighted by molar-refractivity contribution is 0.240. The molecule has 1 aliphatic rings. The molecule has 1 saturated heterocycles. The van der Waals surface area contributed by atoms with Crippen molar-refractivity contribution in [1.82, 2.24) is 24.5 Å². The lowest BCUT2D eigenvalue weighted by atomic mass is 10.1. The summed E-state index contributed by atoms with van der Waals surface area (Å²) in [4.78, 5) is 16.6. The minimum absolute atomic E-state index is 0.278. The molecule has 3 aromatic rings. The summed E-state index contributed by atoms with van der Waals surface area (Å²) in [6.45, 7) is 2.62. The number of hydrogen-bond acceptors (Lipinski definition) is 4. The Morgan fingerprint density at radius 1 is 0.909 bits per heavy atom. The van der Waals surface area contributed by atoms with Gasteiger partial charge in [-0.2, -0.15) is 4.31 Å². The van der Waals surface area contributed by atoms with E-state index in [4.69, 9.17) is 0 Å². The van der Waals surface area contributed by atoms with Crippen molar-refractivity contribution in [3.8, 4) is 0 Å². The van der Waals surface area contributed by atoms with Gasteiger partial charge < -0.3 is 15.2 Å². The Bertz CT molecular complexity index is 1160. The van der Waals surface area contributed by atoms with Crippen LogP contribution in [0.25, 0.3) is 0 Å². The Morgan fingerprint density at radius 2 is 1.61 bits per heavy atom. The van der Waals surface area contributed by atoms with E-state index in [9.17, 15) is 13.2 Å². The Morgan fingerprint density at radius 3 is 2.30 bits per heavy atom. The van der Waals surface area contributed by atoms with Crippen molar-refractivity contribution in [2.24, 2.45) is 0 Å². The van der Waals surface area contributed by atoms with Gasteiger partial charge in [0, 0.05) is 45.1 Å². The van der Waals surface area contributed by atoms with Crippen molar-refractivity contribution in [2.45, 2.75) is 43.8 Å². The van der Waals surface area contributed by atoms with Crippen molar-refractivity contribution in [3.05, 3.63) is 83.9 Å². The topological polar surface area (TPSA) is 96.3 Å². The van der Waals surface area contributed by atoms with Crippen molar-refractivity contribution in [2.75, 3.05) is 13.1 Å². The number of aromatic nitrogens is 2. The van der Waals surface area contributed by atoms with E-state index in [-0.39, 0.29) is 6.03 Å². The van der Waals surface area contributed by atoms with Gasteiger partial charge in [0.2, 0.25) is 10.0 Å². The molecule has 0 atom stereocenters. The number of carbonyl (C=O) groups excluding carboxylic acids is 1. The first-order chi connectivity index (χ1) is 16.0. The minimum Gasteiger partial charge on any atom is -0.334 e. The maximum atomic E-state index is 12.7. The summed E-state index contributed by atoms with van der Waals surface area (Å²) in [7, 11) is -3.44. The monoisotopic (exact) mass is 467 g/mol. The number of amides is 2. The van der Waals surface area contributed by atoms with Crippen LogP contribution in [0.4, 0.5) is 4.79 Å². The summed E-state index contributed by atoms with van der Waals surface area (Å²) in [6.07, 6.45) is 8.32. The second-order valence-electron chi connectivity index (χ2n) is 8.20. The van der Waals surface area contributed by atoms with Crippen LogP contribution in [0.5, 0.6) is 0 Å². The molecule has 4 rings (SSSR count). The van der Waals surface area contributed by atoms with E-state index in [1.54, 1.807) is 41.1 Å². The van der Waals surface area contributed by atoms with E-state index in [2.05, 4.69) is 21.7 Å². The first kappa shape index (κ1) is 23.0. The second-order valence-corrected chi connectivity index (χ2v) is 10.1. The smallest absolute Gasteiger partial charge is 0.315 e. The molecule has 2 amide bonds. The van der Waals surface area contributed by atoms with E-state index in [1.165, 1.54) is 0 Å². The molecule has 2 N–H and O–H groups in total. The van der Waals surface area contributed by atoms with Gasteiger partial charge in [0.1, 0.15) is 0 Å². The zero-order valence-corrected chi connectivity index (χ0v) is 19.3. The zero-order chi connectivity index (χ0) is 23.1. The average molecular weight is 468 g/mol. The summed E-state index contributed by atoms with van der Waals surface area (Å²) >= 11 is 0. The van der Waals surface area contributed by atoms with Gasteiger partial charge in [-0.3, -0.25) is 0 Å². The third-order valence-electron chi connectivity index (χ3n) is 5.70. The number of benzene rings is 2. The van der Waals surface area contributed by atoms with E-state index in [1.807, 2.05) is 29.0 Å². The highest BCUT2D eigenvalue weighted by atomic mass is 32.2. The lowest BCUT2D eigenvalue weighted by Gasteiger charge is -2.25. The van der Waals surface area contributed by atoms with Crippen LogP contribution in [0.3, 0.4) is 0 Å². The van der Waals surface area contributed by atoms with Crippen molar-refractivity contribution >= 4 is 16.1 Å². The molecule has 33 heavy (non-hydrogen) atoms. The molecule has 0 spiro atoms. The molecule has 8 nitrogen and oxygen atoms in total. The molecule has 0 aliphatic carbocycles. The predicted molar refractivity (Wildman–Crippen MR) is 126 cm³/mol. The summed E-state index contributed by atoms with van der Waals surface area (Å²) in [5.74, 6) is 0. The highest BCUT2D eigenvalue weighted by Gasteiger charge is 2.25. The molecule has 0 saturated carbocycles. The molecule has 0 unspecified atom stereocenters. The van der Waals surface area contributed by atoms with Crippen LogP contribution in [-0.2, 0) is 29.7 Å². The molecule has 174 valence electrons. The van der Waals surface area contributed by atoms with Crippen molar-refractivity contribution in [1.29, 1.82) is 0 Å². The minimum atomic E-state index is -3.44. The van der Waals surface area contributed by atoms with Crippen LogP contribution in [0.2, 0.25) is 0 Å². The molecule has 1 fully saturated rings. The predicted octanol–water partition coefficient (Wildman–Crippen LogP) is 3.11. The van der Waals surface area contributed by atoms with Gasteiger partial charge in [0.15, 0.2) is 0 Å². The third kappa shape index (κ3) is 6.21. The maximum Gasteiger partial charge on any atom is 0.315 e. The SMILES string of the molecule is O=C(NCc1ccc(S(=O)(=O)N2CCCCC2)cc1)NCc1cccc(Cn2ccnc2)c1. The third-order valence-corrected chi connectivity index (χ3v) is 7.61. The van der Waals surface area contributed by atoms with E-state index in [0.29, 0.717) is 31.1 Å². The largest absolute Gasteiger partial charge is 0.334 e. The van der Waals surface area contributed by atoms with Crippen LogP contribution >= 0.6 is 0 Å². The van der Waals surface area contributed by atoms with Gasteiger partial charge in [-0.1, -0.05) is 42.8 Å². The van der Waals surface area contributed by atoms with E-state index < -0.39 is 10.0 Å². The van der Waals surface area contributed by atoms with Crippen molar-refractivity contribution in [3.63, 3.8) is 0 Å². The molecule has 1 aliphatic heterocycles. The van der Waals surface area contributed by atoms with Gasteiger partial charge in [0.25, 0.3) is 0 Å². The highest BCUT2D eigenvalue weighted by molar-refractivity contribution is 7.89. The number of piperidine rings is 1. The Labute approximate surface area is 194 Å². The highest BCUT2D eigenvalue weighted by Crippen LogP contribution is 2.20. The Balaban J connectivity index is 1.25. The number of rotatable bonds is 8. The number of nitrogens with one attached hydrogen (secondary N) is 2. The van der Waals surface area contributed by atoms with Gasteiger partial charge in [0.05, 0.1) is 11.2 Å².